The highest BCUT2D eigenvalue weighted by Crippen LogP contribution is 2.31. The number of anilines is 2. The summed E-state index contributed by atoms with van der Waals surface area (Å²) in [6, 6.07) is 12.9. The second kappa shape index (κ2) is 9.61. The van der Waals surface area contributed by atoms with E-state index in [1.54, 1.807) is 19.5 Å². The molecule has 3 rings (SSSR count). The van der Waals surface area contributed by atoms with Gasteiger partial charge in [0, 0.05) is 31.9 Å². The lowest BCUT2D eigenvalue weighted by Crippen LogP contribution is -2.30. The van der Waals surface area contributed by atoms with E-state index in [1.165, 1.54) is 0 Å². The zero-order valence-electron chi connectivity index (χ0n) is 16.5. The summed E-state index contributed by atoms with van der Waals surface area (Å²) >= 11 is 0. The minimum absolute atomic E-state index is 0.00785. The number of aliphatic hydroxyl groups excluding tert-OH is 1. The van der Waals surface area contributed by atoms with E-state index in [1.807, 2.05) is 54.4 Å². The first-order valence-electron chi connectivity index (χ1n) is 9.23. The highest BCUT2D eigenvalue weighted by atomic mass is 16.5. The van der Waals surface area contributed by atoms with Gasteiger partial charge in [0.15, 0.2) is 0 Å². The van der Waals surface area contributed by atoms with Gasteiger partial charge < -0.3 is 25.4 Å². The van der Waals surface area contributed by atoms with Gasteiger partial charge >= 0.3 is 6.03 Å². The fourth-order valence-corrected chi connectivity index (χ4v) is 2.94. The Morgan fingerprint density at radius 2 is 2.10 bits per heavy atom. The summed E-state index contributed by atoms with van der Waals surface area (Å²) in [5, 5.41) is 21.8. The molecule has 1 aromatic heterocycles. The maximum atomic E-state index is 12.5. The molecular weight excluding hydrogens is 370 g/mol. The molecule has 0 saturated carbocycles. The summed E-state index contributed by atoms with van der Waals surface area (Å²) in [4.78, 5) is 14.3. The van der Waals surface area contributed by atoms with Crippen molar-refractivity contribution in [1.29, 1.82) is 0 Å². The van der Waals surface area contributed by atoms with Crippen molar-refractivity contribution >= 4 is 17.4 Å². The molecule has 0 aliphatic carbocycles. The second-order valence-corrected chi connectivity index (χ2v) is 6.52. The number of aliphatic hydroxyl groups is 1. The Morgan fingerprint density at radius 3 is 2.83 bits per heavy atom. The summed E-state index contributed by atoms with van der Waals surface area (Å²) in [7, 11) is 3.47. The van der Waals surface area contributed by atoms with Gasteiger partial charge in [-0.2, -0.15) is 5.10 Å². The molecule has 8 heteroatoms. The molecule has 8 nitrogen and oxygen atoms in total. The summed E-state index contributed by atoms with van der Waals surface area (Å²) < 4.78 is 5.20. The van der Waals surface area contributed by atoms with Crippen LogP contribution >= 0.6 is 0 Å². The number of carbonyl (C=O) groups excluding carboxylic acids is 1. The van der Waals surface area contributed by atoms with Crippen molar-refractivity contribution in [3.8, 4) is 16.9 Å². The first kappa shape index (κ1) is 20.2. The molecule has 0 radical (unpaired) electrons. The molecule has 0 unspecified atom stereocenters. The summed E-state index contributed by atoms with van der Waals surface area (Å²) in [6.45, 7) is 0.820. The summed E-state index contributed by atoms with van der Waals surface area (Å²) in [6.07, 6.45) is 3.54. The minimum Gasteiger partial charge on any atom is -0.497 e. The molecule has 2 aromatic carbocycles. The standard InChI is InChI=1S/C21H25N5O3/c1-26(8-9-27)20-11-16(17-13-23-24-14-17)6-7-19(20)25-21(28)22-12-15-4-3-5-18(10-15)29-2/h3-7,10-11,13-14,27H,8-9,12H2,1-2H3,(H,23,24)(H2,22,25,28). The van der Waals surface area contributed by atoms with E-state index in [9.17, 15) is 9.90 Å². The molecule has 1 heterocycles. The number of likely N-dealkylation sites (N-methyl/N-ethyl adjacent to an activating group) is 1. The molecule has 4 N–H and O–H groups in total. The van der Waals surface area contributed by atoms with Crippen LogP contribution in [0, 0.1) is 0 Å². The third-order valence-corrected chi connectivity index (χ3v) is 4.51. The van der Waals surface area contributed by atoms with Crippen molar-refractivity contribution in [3.05, 3.63) is 60.4 Å². The van der Waals surface area contributed by atoms with Crippen LogP contribution in [0.25, 0.3) is 11.1 Å². The fourth-order valence-electron chi connectivity index (χ4n) is 2.94. The van der Waals surface area contributed by atoms with Crippen molar-refractivity contribution in [2.45, 2.75) is 6.54 Å². The van der Waals surface area contributed by atoms with Crippen molar-refractivity contribution in [3.63, 3.8) is 0 Å². The van der Waals surface area contributed by atoms with Crippen molar-refractivity contribution < 1.29 is 14.6 Å². The largest absolute Gasteiger partial charge is 0.497 e. The number of nitrogens with zero attached hydrogens (tertiary/aromatic N) is 2. The fraction of sp³-hybridized carbons (Fsp3) is 0.238. The SMILES string of the molecule is COc1cccc(CNC(=O)Nc2ccc(-c3cn[nH]c3)cc2N(C)CCO)c1. The van der Waals surface area contributed by atoms with E-state index in [0.29, 0.717) is 18.8 Å². The number of H-pyrrole nitrogens is 1. The van der Waals surface area contributed by atoms with Crippen LogP contribution in [0.2, 0.25) is 0 Å². The number of amides is 2. The van der Waals surface area contributed by atoms with E-state index in [4.69, 9.17) is 4.74 Å². The molecule has 3 aromatic rings. The second-order valence-electron chi connectivity index (χ2n) is 6.52. The van der Waals surface area contributed by atoms with Crippen molar-refractivity contribution in [2.75, 3.05) is 37.5 Å². The van der Waals surface area contributed by atoms with E-state index < -0.39 is 0 Å². The predicted molar refractivity (Wildman–Crippen MR) is 113 cm³/mol. The van der Waals surface area contributed by atoms with Crippen LogP contribution in [0.15, 0.2) is 54.9 Å². The normalized spacial score (nSPS) is 10.4. The van der Waals surface area contributed by atoms with Gasteiger partial charge in [-0.3, -0.25) is 5.10 Å². The molecule has 2 amide bonds. The Labute approximate surface area is 169 Å². The molecule has 152 valence electrons. The lowest BCUT2D eigenvalue weighted by molar-refractivity contribution is 0.251. The number of urea groups is 1. The molecular formula is C21H25N5O3. The molecule has 0 spiro atoms. The Hall–Kier alpha value is -3.52. The Balaban J connectivity index is 1.73. The summed E-state index contributed by atoms with van der Waals surface area (Å²) in [5.74, 6) is 0.743. The molecule has 0 aliphatic heterocycles. The lowest BCUT2D eigenvalue weighted by Gasteiger charge is -2.23. The topological polar surface area (TPSA) is 103 Å². The highest BCUT2D eigenvalue weighted by Gasteiger charge is 2.13. The van der Waals surface area contributed by atoms with Gasteiger partial charge in [-0.25, -0.2) is 4.79 Å². The average molecular weight is 395 g/mol. The van der Waals surface area contributed by atoms with Gasteiger partial charge in [0.25, 0.3) is 0 Å². The van der Waals surface area contributed by atoms with Gasteiger partial charge in [0.05, 0.1) is 31.3 Å². The van der Waals surface area contributed by atoms with Crippen LogP contribution in [-0.4, -0.2) is 48.6 Å². The number of aromatic nitrogens is 2. The average Bonchev–Trinajstić information content (AvgIpc) is 3.28. The number of nitrogens with one attached hydrogen (secondary N) is 3. The van der Waals surface area contributed by atoms with Crippen molar-refractivity contribution in [1.82, 2.24) is 15.5 Å². The van der Waals surface area contributed by atoms with Gasteiger partial charge in [0.2, 0.25) is 0 Å². The monoisotopic (exact) mass is 395 g/mol. The predicted octanol–water partition coefficient (Wildman–Crippen LogP) is 2.84. The molecule has 0 saturated heterocycles. The number of ether oxygens (including phenoxy) is 1. The van der Waals surface area contributed by atoms with E-state index in [0.717, 1.165) is 28.1 Å². The maximum Gasteiger partial charge on any atom is 0.319 e. The minimum atomic E-state index is -0.317. The van der Waals surface area contributed by atoms with Gasteiger partial charge in [-0.1, -0.05) is 18.2 Å². The number of hydrogen-bond acceptors (Lipinski definition) is 5. The van der Waals surface area contributed by atoms with Crippen LogP contribution in [0.1, 0.15) is 5.56 Å². The van der Waals surface area contributed by atoms with E-state index in [-0.39, 0.29) is 12.6 Å². The Kier molecular flexibility index (Phi) is 6.70. The number of hydrogen-bond donors (Lipinski definition) is 4. The zero-order chi connectivity index (χ0) is 20.6. The van der Waals surface area contributed by atoms with Gasteiger partial charge in [-0.15, -0.1) is 0 Å². The smallest absolute Gasteiger partial charge is 0.319 e. The first-order chi connectivity index (χ1) is 14.1. The third kappa shape index (κ3) is 5.26. The molecule has 0 aliphatic rings. The van der Waals surface area contributed by atoms with Crippen LogP contribution in [0.5, 0.6) is 5.75 Å². The third-order valence-electron chi connectivity index (χ3n) is 4.51. The zero-order valence-corrected chi connectivity index (χ0v) is 16.5. The van der Waals surface area contributed by atoms with E-state index in [2.05, 4.69) is 20.8 Å². The maximum absolute atomic E-state index is 12.5. The number of benzene rings is 2. The lowest BCUT2D eigenvalue weighted by atomic mass is 10.1. The van der Waals surface area contributed by atoms with E-state index >= 15 is 0 Å². The number of aromatic amines is 1. The molecule has 0 atom stereocenters. The first-order valence-corrected chi connectivity index (χ1v) is 9.23. The van der Waals surface area contributed by atoms with Crippen LogP contribution < -0.4 is 20.3 Å². The molecule has 0 bridgehead atoms. The van der Waals surface area contributed by atoms with Crippen LogP contribution in [0.4, 0.5) is 16.2 Å². The Morgan fingerprint density at radius 1 is 1.24 bits per heavy atom. The number of carbonyl (C=O) groups is 1. The highest BCUT2D eigenvalue weighted by molar-refractivity contribution is 5.94. The summed E-state index contributed by atoms with van der Waals surface area (Å²) in [5.41, 5.74) is 4.29. The molecule has 29 heavy (non-hydrogen) atoms. The van der Waals surface area contributed by atoms with Gasteiger partial charge in [-0.05, 0) is 35.4 Å². The van der Waals surface area contributed by atoms with Crippen LogP contribution in [-0.2, 0) is 6.54 Å². The van der Waals surface area contributed by atoms with Crippen LogP contribution in [0.3, 0.4) is 0 Å². The van der Waals surface area contributed by atoms with Crippen molar-refractivity contribution in [2.24, 2.45) is 0 Å². The molecule has 0 fully saturated rings. The van der Waals surface area contributed by atoms with Gasteiger partial charge in [0.1, 0.15) is 5.75 Å². The Bertz CT molecular complexity index is 943. The number of rotatable bonds is 8. The number of methoxy groups -OCH3 is 1. The quantitative estimate of drug-likeness (QED) is 0.470.